The minimum absolute atomic E-state index is 0.313. The van der Waals surface area contributed by atoms with E-state index in [9.17, 15) is 4.79 Å². The van der Waals surface area contributed by atoms with Gasteiger partial charge in [0, 0.05) is 6.54 Å². The predicted molar refractivity (Wildman–Crippen MR) is 90.7 cm³/mol. The van der Waals surface area contributed by atoms with Gasteiger partial charge >= 0.3 is 6.09 Å². The number of allylic oxidation sites excluding steroid dienone is 1. The molecule has 0 heterocycles. The molecule has 1 aromatic rings. The summed E-state index contributed by atoms with van der Waals surface area (Å²) in [5, 5.41) is 2.75. The fourth-order valence-electron chi connectivity index (χ4n) is 1.92. The van der Waals surface area contributed by atoms with Crippen molar-refractivity contribution in [1.29, 1.82) is 0 Å². The molecule has 0 fully saturated rings. The Hall–Kier alpha value is -1.99. The standard InChI is InChI=1S/C19H27NO2/c1-2-3-4-5-6-7-8-9-13-16-20-19(21)22-17-18-14-11-10-12-15-18/h6,8,10-12,14-15H,2-5,9,13,16-17H2,1H3,(H,20,21). The molecule has 0 spiro atoms. The zero-order valence-electron chi connectivity index (χ0n) is 13.5. The molecular formula is C19H27NO2. The first-order chi connectivity index (χ1) is 10.8. The molecule has 3 nitrogen and oxygen atoms in total. The van der Waals surface area contributed by atoms with E-state index in [1.165, 1.54) is 19.3 Å². The minimum Gasteiger partial charge on any atom is -0.445 e. The first-order valence-electron chi connectivity index (χ1n) is 8.17. The summed E-state index contributed by atoms with van der Waals surface area (Å²) in [5.74, 6) is 0. The van der Waals surface area contributed by atoms with Crippen molar-refractivity contribution in [3.8, 4) is 0 Å². The van der Waals surface area contributed by atoms with Crippen molar-refractivity contribution in [2.45, 2.75) is 52.1 Å². The molecule has 0 aliphatic heterocycles. The van der Waals surface area contributed by atoms with E-state index in [2.05, 4.69) is 24.0 Å². The quantitative estimate of drug-likeness (QED) is 0.488. The first-order valence-corrected chi connectivity index (χ1v) is 8.17. The van der Waals surface area contributed by atoms with E-state index in [1.54, 1.807) is 0 Å². The minimum atomic E-state index is -0.358. The zero-order valence-corrected chi connectivity index (χ0v) is 13.5. The van der Waals surface area contributed by atoms with Gasteiger partial charge in [0.15, 0.2) is 0 Å². The molecule has 0 unspecified atom stereocenters. The van der Waals surface area contributed by atoms with Crippen LogP contribution in [0.15, 0.2) is 48.2 Å². The van der Waals surface area contributed by atoms with Crippen molar-refractivity contribution >= 4 is 6.09 Å². The highest BCUT2D eigenvalue weighted by atomic mass is 16.5. The maximum atomic E-state index is 11.5. The summed E-state index contributed by atoms with van der Waals surface area (Å²) in [6.07, 6.45) is 10.5. The van der Waals surface area contributed by atoms with Crippen molar-refractivity contribution in [2.75, 3.05) is 6.54 Å². The molecule has 120 valence electrons. The normalized spacial score (nSPS) is 9.68. The van der Waals surface area contributed by atoms with Crippen LogP contribution in [0.25, 0.3) is 0 Å². The molecule has 1 rings (SSSR count). The van der Waals surface area contributed by atoms with Crippen molar-refractivity contribution in [3.05, 3.63) is 53.8 Å². The third kappa shape index (κ3) is 9.84. The average Bonchev–Trinajstić information content (AvgIpc) is 2.55. The summed E-state index contributed by atoms with van der Waals surface area (Å²) in [6, 6.07) is 9.67. The number of carbonyl (C=O) groups is 1. The molecule has 1 amide bonds. The third-order valence-corrected chi connectivity index (χ3v) is 3.20. The van der Waals surface area contributed by atoms with Gasteiger partial charge in [-0.1, -0.05) is 50.1 Å². The molecule has 0 bridgehead atoms. The second kappa shape index (κ2) is 12.7. The van der Waals surface area contributed by atoms with Crippen molar-refractivity contribution in [2.24, 2.45) is 0 Å². The van der Waals surface area contributed by atoms with Crippen LogP contribution in [0.1, 0.15) is 51.0 Å². The van der Waals surface area contributed by atoms with E-state index in [-0.39, 0.29) is 6.09 Å². The molecule has 0 atom stereocenters. The topological polar surface area (TPSA) is 38.3 Å². The van der Waals surface area contributed by atoms with Crippen LogP contribution in [0, 0.1) is 0 Å². The third-order valence-electron chi connectivity index (χ3n) is 3.20. The second-order valence-electron chi connectivity index (χ2n) is 5.20. The lowest BCUT2D eigenvalue weighted by Crippen LogP contribution is -2.25. The molecular weight excluding hydrogens is 274 g/mol. The summed E-state index contributed by atoms with van der Waals surface area (Å²) >= 11 is 0. The van der Waals surface area contributed by atoms with Gasteiger partial charge in [0.2, 0.25) is 0 Å². The number of ether oxygens (including phenoxy) is 1. The van der Waals surface area contributed by atoms with E-state index < -0.39 is 0 Å². The summed E-state index contributed by atoms with van der Waals surface area (Å²) in [5.41, 5.74) is 4.18. The van der Waals surface area contributed by atoms with Gasteiger partial charge in [-0.05, 0) is 43.4 Å². The van der Waals surface area contributed by atoms with Gasteiger partial charge < -0.3 is 10.1 Å². The number of hydrogen-bond donors (Lipinski definition) is 1. The molecule has 0 aromatic heterocycles. The van der Waals surface area contributed by atoms with Crippen molar-refractivity contribution in [3.63, 3.8) is 0 Å². The van der Waals surface area contributed by atoms with Gasteiger partial charge in [-0.15, -0.1) is 5.73 Å². The van der Waals surface area contributed by atoms with E-state index >= 15 is 0 Å². The monoisotopic (exact) mass is 301 g/mol. The lowest BCUT2D eigenvalue weighted by atomic mass is 10.2. The number of benzene rings is 1. The van der Waals surface area contributed by atoms with Crippen LogP contribution in [-0.4, -0.2) is 12.6 Å². The molecule has 0 saturated heterocycles. The molecule has 3 heteroatoms. The fourth-order valence-corrected chi connectivity index (χ4v) is 1.92. The van der Waals surface area contributed by atoms with E-state index in [4.69, 9.17) is 4.74 Å². The van der Waals surface area contributed by atoms with Gasteiger partial charge in [0.1, 0.15) is 6.61 Å². The molecule has 0 aliphatic rings. The Morgan fingerprint density at radius 3 is 2.59 bits per heavy atom. The highest BCUT2D eigenvalue weighted by Crippen LogP contribution is 2.01. The van der Waals surface area contributed by atoms with Gasteiger partial charge in [-0.25, -0.2) is 4.79 Å². The van der Waals surface area contributed by atoms with Crippen LogP contribution in [0.4, 0.5) is 4.79 Å². The zero-order chi connectivity index (χ0) is 15.9. The first kappa shape index (κ1) is 18.1. The summed E-state index contributed by atoms with van der Waals surface area (Å²) in [6.45, 7) is 3.14. The van der Waals surface area contributed by atoms with Crippen LogP contribution < -0.4 is 5.32 Å². The van der Waals surface area contributed by atoms with Crippen LogP contribution in [-0.2, 0) is 11.3 Å². The fraction of sp³-hybridized carbons (Fsp3) is 0.474. The van der Waals surface area contributed by atoms with Crippen LogP contribution in [0.5, 0.6) is 0 Å². The number of nitrogens with one attached hydrogen (secondary N) is 1. The Morgan fingerprint density at radius 1 is 1.14 bits per heavy atom. The van der Waals surface area contributed by atoms with Gasteiger partial charge in [0.05, 0.1) is 0 Å². The lowest BCUT2D eigenvalue weighted by molar-refractivity contribution is 0.139. The highest BCUT2D eigenvalue weighted by Gasteiger charge is 2.00. The van der Waals surface area contributed by atoms with Crippen LogP contribution in [0.2, 0.25) is 0 Å². The number of hydrogen-bond acceptors (Lipinski definition) is 2. The molecule has 0 aliphatic carbocycles. The lowest BCUT2D eigenvalue weighted by Gasteiger charge is -2.06. The number of rotatable bonds is 10. The molecule has 0 saturated carbocycles. The predicted octanol–water partition coefficient (Wildman–Crippen LogP) is 4.98. The second-order valence-corrected chi connectivity index (χ2v) is 5.20. The maximum Gasteiger partial charge on any atom is 0.407 e. The molecule has 0 radical (unpaired) electrons. The number of alkyl carbamates (subject to hydrolysis) is 1. The maximum absolute atomic E-state index is 11.5. The number of unbranched alkanes of at least 4 members (excludes halogenated alkanes) is 4. The molecule has 1 N–H and O–H groups in total. The Kier molecular flexibility index (Phi) is 10.4. The van der Waals surface area contributed by atoms with Gasteiger partial charge in [-0.3, -0.25) is 0 Å². The van der Waals surface area contributed by atoms with Crippen LogP contribution >= 0.6 is 0 Å². The largest absolute Gasteiger partial charge is 0.445 e. The van der Waals surface area contributed by atoms with E-state index in [1.807, 2.05) is 36.4 Å². The molecule has 22 heavy (non-hydrogen) atoms. The van der Waals surface area contributed by atoms with Gasteiger partial charge in [-0.2, -0.15) is 0 Å². The summed E-state index contributed by atoms with van der Waals surface area (Å²) < 4.78 is 5.13. The molecule has 1 aromatic carbocycles. The van der Waals surface area contributed by atoms with Crippen LogP contribution in [0.3, 0.4) is 0 Å². The van der Waals surface area contributed by atoms with E-state index in [0.717, 1.165) is 24.8 Å². The Bertz CT molecular complexity index is 462. The van der Waals surface area contributed by atoms with Gasteiger partial charge in [0.25, 0.3) is 0 Å². The Labute approximate surface area is 134 Å². The van der Waals surface area contributed by atoms with E-state index in [0.29, 0.717) is 13.2 Å². The average molecular weight is 301 g/mol. The highest BCUT2D eigenvalue weighted by molar-refractivity contribution is 5.67. The number of carbonyl (C=O) groups excluding carboxylic acids is 1. The van der Waals surface area contributed by atoms with Crippen molar-refractivity contribution < 1.29 is 9.53 Å². The number of amides is 1. The summed E-state index contributed by atoms with van der Waals surface area (Å²) in [7, 11) is 0. The Morgan fingerprint density at radius 2 is 1.86 bits per heavy atom. The smallest absolute Gasteiger partial charge is 0.407 e. The SMILES string of the molecule is CCCCCC=C=CCCCNC(=O)OCc1ccccc1. The summed E-state index contributed by atoms with van der Waals surface area (Å²) in [4.78, 5) is 11.5. The van der Waals surface area contributed by atoms with Crippen molar-refractivity contribution in [1.82, 2.24) is 5.32 Å². The Balaban J connectivity index is 2.00.